The summed E-state index contributed by atoms with van der Waals surface area (Å²) in [5.74, 6) is -0.154. The molecule has 1 saturated heterocycles. The molecule has 0 atom stereocenters. The minimum atomic E-state index is -0.167. The highest BCUT2D eigenvalue weighted by Gasteiger charge is 2.18. The van der Waals surface area contributed by atoms with E-state index in [2.05, 4.69) is 24.1 Å². The summed E-state index contributed by atoms with van der Waals surface area (Å²) in [5, 5.41) is 2.94. The molecule has 1 fully saturated rings. The number of hydrogen-bond donors (Lipinski definition) is 1. The smallest absolute Gasteiger partial charge is 0.254 e. The highest BCUT2D eigenvalue weighted by molar-refractivity contribution is 5.97. The number of benzene rings is 2. The normalized spacial score (nSPS) is 13.9. The first-order chi connectivity index (χ1) is 15.6. The van der Waals surface area contributed by atoms with Gasteiger partial charge >= 0.3 is 0 Å². The van der Waals surface area contributed by atoms with Crippen LogP contribution in [-0.4, -0.2) is 53.0 Å². The Balaban J connectivity index is 1.40. The lowest BCUT2D eigenvalue weighted by atomic mass is 10.1. The first kappa shape index (κ1) is 21.9. The molecule has 1 aliphatic heterocycles. The molecule has 0 aliphatic carbocycles. The van der Waals surface area contributed by atoms with Crippen molar-refractivity contribution in [2.45, 2.75) is 33.2 Å². The number of nitrogens with one attached hydrogen (secondary N) is 1. The minimum absolute atomic E-state index is 0.0128. The van der Waals surface area contributed by atoms with Gasteiger partial charge in [-0.15, -0.1) is 0 Å². The van der Waals surface area contributed by atoms with E-state index in [1.165, 1.54) is 0 Å². The van der Waals surface area contributed by atoms with Gasteiger partial charge in [0.25, 0.3) is 11.8 Å². The van der Waals surface area contributed by atoms with E-state index in [1.807, 2.05) is 30.3 Å². The topological polar surface area (TPSA) is 84.4 Å². The first-order valence-corrected chi connectivity index (χ1v) is 11.1. The second-order valence-electron chi connectivity index (χ2n) is 7.81. The lowest BCUT2D eigenvalue weighted by Gasteiger charge is -2.26. The standard InChI is InChI=1S/C25H28N4O3/c1-3-20-21(4-2)28-23-15-19(9-10-22(23)27-20)24(30)26-16-17-5-7-18(8-6-17)25(31)29-11-13-32-14-12-29/h5-10,15H,3-4,11-14,16H2,1-2H3,(H,26,30). The zero-order valence-corrected chi connectivity index (χ0v) is 18.6. The third kappa shape index (κ3) is 4.78. The fraction of sp³-hybridized carbons (Fsp3) is 0.360. The Hall–Kier alpha value is -3.32. The van der Waals surface area contributed by atoms with Gasteiger partial charge in [-0.05, 0) is 48.7 Å². The molecule has 0 saturated carbocycles. The van der Waals surface area contributed by atoms with Crippen molar-refractivity contribution in [2.24, 2.45) is 0 Å². The van der Waals surface area contributed by atoms with E-state index in [9.17, 15) is 9.59 Å². The molecule has 32 heavy (non-hydrogen) atoms. The predicted molar refractivity (Wildman–Crippen MR) is 123 cm³/mol. The van der Waals surface area contributed by atoms with Crippen LogP contribution in [0.15, 0.2) is 42.5 Å². The summed E-state index contributed by atoms with van der Waals surface area (Å²) in [7, 11) is 0. The fourth-order valence-electron chi connectivity index (χ4n) is 3.83. The van der Waals surface area contributed by atoms with Crippen LogP contribution < -0.4 is 5.32 Å². The number of aromatic nitrogens is 2. The van der Waals surface area contributed by atoms with E-state index in [4.69, 9.17) is 9.72 Å². The van der Waals surface area contributed by atoms with Crippen molar-refractivity contribution in [3.8, 4) is 0 Å². The van der Waals surface area contributed by atoms with Crippen LogP contribution >= 0.6 is 0 Å². The summed E-state index contributed by atoms with van der Waals surface area (Å²) in [6.45, 7) is 6.90. The molecule has 0 unspecified atom stereocenters. The predicted octanol–water partition coefficient (Wildman–Crippen LogP) is 3.16. The third-order valence-electron chi connectivity index (χ3n) is 5.70. The molecular formula is C25H28N4O3. The van der Waals surface area contributed by atoms with Crippen molar-refractivity contribution in [1.82, 2.24) is 20.2 Å². The molecular weight excluding hydrogens is 404 g/mol. The van der Waals surface area contributed by atoms with Crippen LogP contribution in [-0.2, 0) is 24.1 Å². The third-order valence-corrected chi connectivity index (χ3v) is 5.70. The summed E-state index contributed by atoms with van der Waals surface area (Å²) in [5.41, 5.74) is 5.65. The van der Waals surface area contributed by atoms with Gasteiger partial charge in [0.1, 0.15) is 0 Å². The maximum atomic E-state index is 12.7. The summed E-state index contributed by atoms with van der Waals surface area (Å²) < 4.78 is 5.30. The van der Waals surface area contributed by atoms with Crippen LogP contribution in [0.2, 0.25) is 0 Å². The van der Waals surface area contributed by atoms with E-state index in [1.54, 1.807) is 17.0 Å². The number of carbonyl (C=O) groups excluding carboxylic acids is 2. The number of nitrogens with zero attached hydrogens (tertiary/aromatic N) is 3. The van der Waals surface area contributed by atoms with Gasteiger partial charge in [-0.2, -0.15) is 0 Å². The van der Waals surface area contributed by atoms with E-state index in [0.29, 0.717) is 44.0 Å². The van der Waals surface area contributed by atoms with Crippen LogP contribution in [0.1, 0.15) is 51.5 Å². The molecule has 7 nitrogen and oxygen atoms in total. The van der Waals surface area contributed by atoms with E-state index in [-0.39, 0.29) is 11.8 Å². The van der Waals surface area contributed by atoms with Crippen molar-refractivity contribution in [1.29, 1.82) is 0 Å². The Morgan fingerprint density at radius 3 is 2.19 bits per heavy atom. The van der Waals surface area contributed by atoms with Crippen LogP contribution in [0.4, 0.5) is 0 Å². The zero-order valence-electron chi connectivity index (χ0n) is 18.6. The van der Waals surface area contributed by atoms with Crippen molar-refractivity contribution < 1.29 is 14.3 Å². The summed E-state index contributed by atoms with van der Waals surface area (Å²) in [6.07, 6.45) is 1.65. The molecule has 166 valence electrons. The number of fused-ring (bicyclic) bond motifs is 1. The number of ether oxygens (including phenoxy) is 1. The minimum Gasteiger partial charge on any atom is -0.378 e. The molecule has 0 spiro atoms. The molecule has 0 radical (unpaired) electrons. The Morgan fingerprint density at radius 2 is 1.53 bits per heavy atom. The number of amides is 2. The van der Waals surface area contributed by atoms with E-state index >= 15 is 0 Å². The summed E-state index contributed by atoms with van der Waals surface area (Å²) >= 11 is 0. The second kappa shape index (κ2) is 9.87. The van der Waals surface area contributed by atoms with Gasteiger partial charge < -0.3 is 15.0 Å². The number of rotatable bonds is 6. The monoisotopic (exact) mass is 432 g/mol. The molecule has 2 aromatic carbocycles. The van der Waals surface area contributed by atoms with Gasteiger partial charge in [-0.3, -0.25) is 9.59 Å². The van der Waals surface area contributed by atoms with Crippen LogP contribution in [0.3, 0.4) is 0 Å². The molecule has 1 aliphatic rings. The number of aryl methyl sites for hydroxylation is 2. The Morgan fingerprint density at radius 1 is 0.906 bits per heavy atom. The van der Waals surface area contributed by atoms with Gasteiger partial charge in [-0.1, -0.05) is 26.0 Å². The molecule has 4 rings (SSSR count). The lowest BCUT2D eigenvalue weighted by molar-refractivity contribution is 0.0303. The SMILES string of the molecule is CCc1nc2ccc(C(=O)NCc3ccc(C(=O)N4CCOCC4)cc3)cc2nc1CC. The number of morpholine rings is 1. The molecule has 2 amide bonds. The Labute approximate surface area is 187 Å². The van der Waals surface area contributed by atoms with Crippen LogP contribution in [0, 0.1) is 0 Å². The van der Waals surface area contributed by atoms with Crippen molar-refractivity contribution in [3.63, 3.8) is 0 Å². The van der Waals surface area contributed by atoms with E-state index < -0.39 is 0 Å². The highest BCUT2D eigenvalue weighted by atomic mass is 16.5. The van der Waals surface area contributed by atoms with E-state index in [0.717, 1.165) is 40.8 Å². The number of hydrogen-bond acceptors (Lipinski definition) is 5. The van der Waals surface area contributed by atoms with Crippen molar-refractivity contribution in [2.75, 3.05) is 26.3 Å². The number of carbonyl (C=O) groups is 2. The molecule has 3 aromatic rings. The molecule has 7 heteroatoms. The zero-order chi connectivity index (χ0) is 22.5. The van der Waals surface area contributed by atoms with Gasteiger partial charge in [-0.25, -0.2) is 9.97 Å². The van der Waals surface area contributed by atoms with Gasteiger partial charge in [0, 0.05) is 30.8 Å². The van der Waals surface area contributed by atoms with Crippen LogP contribution in [0.25, 0.3) is 11.0 Å². The first-order valence-electron chi connectivity index (χ1n) is 11.1. The van der Waals surface area contributed by atoms with Crippen molar-refractivity contribution >= 4 is 22.8 Å². The maximum Gasteiger partial charge on any atom is 0.254 e. The molecule has 0 bridgehead atoms. The summed E-state index contributed by atoms with van der Waals surface area (Å²) in [6, 6.07) is 12.8. The molecule has 2 heterocycles. The average molecular weight is 433 g/mol. The largest absolute Gasteiger partial charge is 0.378 e. The highest BCUT2D eigenvalue weighted by Crippen LogP contribution is 2.17. The second-order valence-corrected chi connectivity index (χ2v) is 7.81. The molecule has 1 aromatic heterocycles. The average Bonchev–Trinajstić information content (AvgIpc) is 2.86. The summed E-state index contributed by atoms with van der Waals surface area (Å²) in [4.78, 5) is 36.4. The van der Waals surface area contributed by atoms with Gasteiger partial charge in [0.2, 0.25) is 0 Å². The molecule has 1 N–H and O–H groups in total. The lowest BCUT2D eigenvalue weighted by Crippen LogP contribution is -2.40. The fourth-order valence-corrected chi connectivity index (χ4v) is 3.83. The van der Waals surface area contributed by atoms with Gasteiger partial charge in [0.05, 0.1) is 35.6 Å². The maximum absolute atomic E-state index is 12.7. The Bertz CT molecular complexity index is 1120. The van der Waals surface area contributed by atoms with Crippen LogP contribution in [0.5, 0.6) is 0 Å². The Kier molecular flexibility index (Phi) is 6.75. The van der Waals surface area contributed by atoms with Crippen molar-refractivity contribution in [3.05, 3.63) is 70.5 Å². The quantitative estimate of drug-likeness (QED) is 0.647. The van der Waals surface area contributed by atoms with Gasteiger partial charge in [0.15, 0.2) is 0 Å².